The van der Waals surface area contributed by atoms with Crippen LogP contribution >= 0.6 is 0 Å². The standard InChI is InChI=1S/C26H25N3O3/c1-2-29-23-16-19(28-24(30)9-6-10-25(31)32)12-14-21(23)20-13-11-18(27)15-22(20)26(29)17-7-4-3-5-8-17/h3-5,7-8,11-16H,2,6,9-10,27H2,1H3,(H,31,32)/p+1. The van der Waals surface area contributed by atoms with Crippen molar-refractivity contribution in [1.29, 1.82) is 0 Å². The number of rotatable bonds is 7. The van der Waals surface area contributed by atoms with Crippen molar-refractivity contribution in [3.8, 4) is 11.3 Å². The summed E-state index contributed by atoms with van der Waals surface area (Å²) in [5.74, 6) is -1.08. The molecule has 6 heteroatoms. The minimum atomic E-state index is -0.895. The Hall–Kier alpha value is -3.93. The number of carbonyl (C=O) groups excluding carboxylic acids is 1. The third-order valence-corrected chi connectivity index (χ3v) is 5.59. The van der Waals surface area contributed by atoms with Gasteiger partial charge in [0.15, 0.2) is 0 Å². The molecule has 4 aromatic rings. The number of nitrogens with zero attached hydrogens (tertiary/aromatic N) is 1. The molecule has 162 valence electrons. The molecule has 0 atom stereocenters. The van der Waals surface area contributed by atoms with Crippen molar-refractivity contribution in [2.45, 2.75) is 32.7 Å². The summed E-state index contributed by atoms with van der Waals surface area (Å²) in [6.45, 7) is 2.84. The lowest BCUT2D eigenvalue weighted by molar-refractivity contribution is -0.655. The third kappa shape index (κ3) is 4.25. The van der Waals surface area contributed by atoms with Crippen LogP contribution in [0.1, 0.15) is 26.2 Å². The van der Waals surface area contributed by atoms with E-state index in [2.05, 4.69) is 28.9 Å². The number of pyridine rings is 1. The van der Waals surface area contributed by atoms with Gasteiger partial charge in [-0.25, -0.2) is 0 Å². The second-order valence-corrected chi connectivity index (χ2v) is 7.79. The van der Waals surface area contributed by atoms with E-state index in [9.17, 15) is 9.59 Å². The number of carboxylic acid groups (broad SMARTS) is 1. The van der Waals surface area contributed by atoms with E-state index in [4.69, 9.17) is 10.8 Å². The van der Waals surface area contributed by atoms with E-state index in [0.717, 1.165) is 39.5 Å². The molecule has 0 aliphatic carbocycles. The fourth-order valence-corrected chi connectivity index (χ4v) is 4.18. The normalized spacial score (nSPS) is 11.0. The minimum Gasteiger partial charge on any atom is -0.481 e. The molecule has 0 radical (unpaired) electrons. The molecule has 1 heterocycles. The monoisotopic (exact) mass is 428 g/mol. The summed E-state index contributed by atoms with van der Waals surface area (Å²) in [6, 6.07) is 22.1. The predicted molar refractivity (Wildman–Crippen MR) is 127 cm³/mol. The zero-order valence-corrected chi connectivity index (χ0v) is 18.0. The number of aliphatic carboxylic acids is 1. The Bertz CT molecular complexity index is 1320. The van der Waals surface area contributed by atoms with Gasteiger partial charge in [0.2, 0.25) is 17.1 Å². The highest BCUT2D eigenvalue weighted by atomic mass is 16.4. The molecule has 0 unspecified atom stereocenters. The fraction of sp³-hybridized carbons (Fsp3) is 0.192. The highest BCUT2D eigenvalue weighted by molar-refractivity contribution is 6.10. The Morgan fingerprint density at radius 1 is 0.938 bits per heavy atom. The lowest BCUT2D eigenvalue weighted by Gasteiger charge is -2.13. The number of carbonyl (C=O) groups is 2. The van der Waals surface area contributed by atoms with Crippen LogP contribution < -0.4 is 15.6 Å². The molecule has 0 aliphatic rings. The van der Waals surface area contributed by atoms with Gasteiger partial charge in [-0.3, -0.25) is 9.59 Å². The van der Waals surface area contributed by atoms with Crippen molar-refractivity contribution in [2.75, 3.05) is 11.1 Å². The van der Waals surface area contributed by atoms with Gasteiger partial charge in [0.05, 0.1) is 10.8 Å². The van der Waals surface area contributed by atoms with Gasteiger partial charge in [-0.2, -0.15) is 4.57 Å². The summed E-state index contributed by atoms with van der Waals surface area (Å²) in [5.41, 5.74) is 10.7. The predicted octanol–water partition coefficient (Wildman–Crippen LogP) is 4.74. The Balaban J connectivity index is 1.85. The van der Waals surface area contributed by atoms with Gasteiger partial charge in [-0.1, -0.05) is 24.3 Å². The first-order chi connectivity index (χ1) is 15.5. The number of nitrogens with one attached hydrogen (secondary N) is 1. The average molecular weight is 429 g/mol. The smallest absolute Gasteiger partial charge is 0.303 e. The second-order valence-electron chi connectivity index (χ2n) is 7.79. The number of carboxylic acids is 1. The van der Waals surface area contributed by atoms with Crippen LogP contribution in [0.4, 0.5) is 11.4 Å². The average Bonchev–Trinajstić information content (AvgIpc) is 2.78. The van der Waals surface area contributed by atoms with Crippen molar-refractivity contribution in [1.82, 2.24) is 0 Å². The van der Waals surface area contributed by atoms with E-state index in [1.54, 1.807) is 0 Å². The van der Waals surface area contributed by atoms with Crippen LogP contribution in [0.3, 0.4) is 0 Å². The highest BCUT2D eigenvalue weighted by Crippen LogP contribution is 2.33. The molecule has 0 spiro atoms. The molecule has 4 N–H and O–H groups in total. The van der Waals surface area contributed by atoms with Crippen LogP contribution in [-0.4, -0.2) is 17.0 Å². The Morgan fingerprint density at radius 2 is 1.69 bits per heavy atom. The Labute approximate surface area is 186 Å². The molecule has 3 aromatic carbocycles. The first kappa shape index (κ1) is 21.3. The van der Waals surface area contributed by atoms with Crippen LogP contribution in [0.15, 0.2) is 66.7 Å². The van der Waals surface area contributed by atoms with Gasteiger partial charge in [0, 0.05) is 41.2 Å². The number of anilines is 2. The topological polar surface area (TPSA) is 96.3 Å². The number of benzene rings is 3. The van der Waals surface area contributed by atoms with E-state index < -0.39 is 5.97 Å². The van der Waals surface area contributed by atoms with E-state index in [-0.39, 0.29) is 18.7 Å². The zero-order valence-electron chi connectivity index (χ0n) is 18.0. The molecule has 0 saturated carbocycles. The van der Waals surface area contributed by atoms with Crippen LogP contribution in [0.25, 0.3) is 32.9 Å². The lowest BCUT2D eigenvalue weighted by atomic mass is 9.98. The van der Waals surface area contributed by atoms with E-state index >= 15 is 0 Å². The number of aromatic nitrogens is 1. The number of nitrogen functional groups attached to an aromatic ring is 1. The summed E-state index contributed by atoms with van der Waals surface area (Å²) in [5, 5.41) is 14.9. The number of hydrogen-bond acceptors (Lipinski definition) is 3. The Morgan fingerprint density at radius 3 is 2.41 bits per heavy atom. The van der Waals surface area contributed by atoms with Gasteiger partial charge >= 0.3 is 5.97 Å². The van der Waals surface area contributed by atoms with Gasteiger partial charge in [-0.05, 0) is 49.7 Å². The van der Waals surface area contributed by atoms with Crippen LogP contribution in [0, 0.1) is 0 Å². The lowest BCUT2D eigenvalue weighted by Crippen LogP contribution is -2.36. The molecule has 6 nitrogen and oxygen atoms in total. The molecule has 0 aliphatic heterocycles. The molecule has 0 saturated heterocycles. The molecule has 32 heavy (non-hydrogen) atoms. The number of hydrogen-bond donors (Lipinski definition) is 3. The van der Waals surface area contributed by atoms with Crippen LogP contribution in [0.5, 0.6) is 0 Å². The first-order valence-electron chi connectivity index (χ1n) is 10.7. The Kier molecular flexibility index (Phi) is 6.03. The van der Waals surface area contributed by atoms with Crippen molar-refractivity contribution < 1.29 is 19.3 Å². The molecule has 1 aromatic heterocycles. The van der Waals surface area contributed by atoms with Gasteiger partial charge in [0.25, 0.3) is 0 Å². The van der Waals surface area contributed by atoms with Crippen LogP contribution in [-0.2, 0) is 16.1 Å². The van der Waals surface area contributed by atoms with E-state index in [0.29, 0.717) is 17.8 Å². The minimum absolute atomic E-state index is 0.0173. The number of nitrogens with two attached hydrogens (primary N) is 1. The van der Waals surface area contributed by atoms with Crippen molar-refractivity contribution in [3.63, 3.8) is 0 Å². The SMILES string of the molecule is CC[n+]1c(-c2ccccc2)c2cc(N)ccc2c2ccc(NC(=O)CCCC(=O)O)cc21. The van der Waals surface area contributed by atoms with Crippen molar-refractivity contribution in [3.05, 3.63) is 66.7 Å². The van der Waals surface area contributed by atoms with E-state index in [1.165, 1.54) is 0 Å². The summed E-state index contributed by atoms with van der Waals surface area (Å²) in [6.07, 6.45) is 0.467. The number of amides is 1. The second kappa shape index (κ2) is 9.06. The molecular weight excluding hydrogens is 402 g/mol. The summed E-state index contributed by atoms with van der Waals surface area (Å²) in [7, 11) is 0. The maximum absolute atomic E-state index is 12.3. The van der Waals surface area contributed by atoms with E-state index in [1.807, 2.05) is 54.6 Å². The summed E-state index contributed by atoms with van der Waals surface area (Å²) < 4.78 is 2.24. The van der Waals surface area contributed by atoms with Crippen molar-refractivity contribution in [2.24, 2.45) is 0 Å². The highest BCUT2D eigenvalue weighted by Gasteiger charge is 2.23. The quantitative estimate of drug-likeness (QED) is 0.225. The number of fused-ring (bicyclic) bond motifs is 3. The number of aryl methyl sites for hydroxylation is 1. The first-order valence-corrected chi connectivity index (χ1v) is 10.7. The van der Waals surface area contributed by atoms with Crippen molar-refractivity contribution >= 4 is 44.9 Å². The third-order valence-electron chi connectivity index (χ3n) is 5.59. The van der Waals surface area contributed by atoms with Gasteiger partial charge < -0.3 is 16.2 Å². The molecule has 1 amide bonds. The molecule has 0 fully saturated rings. The van der Waals surface area contributed by atoms with Gasteiger partial charge in [-0.15, -0.1) is 0 Å². The molecular formula is C26H26N3O3+. The molecule has 4 rings (SSSR count). The summed E-state index contributed by atoms with van der Waals surface area (Å²) >= 11 is 0. The maximum Gasteiger partial charge on any atom is 0.303 e. The summed E-state index contributed by atoms with van der Waals surface area (Å²) in [4.78, 5) is 23.0. The fourth-order valence-electron chi connectivity index (χ4n) is 4.18. The largest absolute Gasteiger partial charge is 0.481 e. The van der Waals surface area contributed by atoms with Gasteiger partial charge in [0.1, 0.15) is 6.54 Å². The molecule has 0 bridgehead atoms. The zero-order chi connectivity index (χ0) is 22.7. The maximum atomic E-state index is 12.3. The van der Waals surface area contributed by atoms with Crippen LogP contribution in [0.2, 0.25) is 0 Å².